The first-order valence-corrected chi connectivity index (χ1v) is 4.55. The molecule has 0 saturated carbocycles. The van der Waals surface area contributed by atoms with E-state index in [-0.39, 0.29) is 5.60 Å². The van der Waals surface area contributed by atoms with Crippen molar-refractivity contribution in [2.45, 2.75) is 46.1 Å². The molecule has 1 saturated heterocycles. The van der Waals surface area contributed by atoms with Gasteiger partial charge in [-0.2, -0.15) is 0 Å². The molecule has 1 aliphatic heterocycles. The highest BCUT2D eigenvalue weighted by Crippen LogP contribution is 2.41. The summed E-state index contributed by atoms with van der Waals surface area (Å²) >= 11 is 0. The second-order valence-corrected chi connectivity index (χ2v) is 4.11. The predicted octanol–water partition coefficient (Wildman–Crippen LogP) is 2.81. The van der Waals surface area contributed by atoms with Crippen LogP contribution in [0.5, 0.6) is 0 Å². The molecule has 2 unspecified atom stereocenters. The third-order valence-electron chi connectivity index (χ3n) is 2.90. The summed E-state index contributed by atoms with van der Waals surface area (Å²) in [5.74, 6) is 0. The van der Waals surface area contributed by atoms with Gasteiger partial charge in [0.2, 0.25) is 0 Å². The van der Waals surface area contributed by atoms with Crippen LogP contribution >= 0.6 is 0 Å². The van der Waals surface area contributed by atoms with Crippen molar-refractivity contribution >= 4 is 0 Å². The van der Waals surface area contributed by atoms with Crippen LogP contribution < -0.4 is 0 Å². The third kappa shape index (κ3) is 1.76. The van der Waals surface area contributed by atoms with E-state index in [9.17, 15) is 0 Å². The van der Waals surface area contributed by atoms with Crippen molar-refractivity contribution < 1.29 is 4.74 Å². The maximum Gasteiger partial charge on any atom is 0.0690 e. The van der Waals surface area contributed by atoms with Crippen molar-refractivity contribution in [3.8, 4) is 0 Å². The number of hydrogen-bond donors (Lipinski definition) is 0. The average molecular weight is 155 g/mol. The summed E-state index contributed by atoms with van der Waals surface area (Å²) in [5.41, 5.74) is 0.371. The molecular weight excluding hydrogens is 136 g/mol. The molecule has 0 N–H and O–H groups in total. The first-order chi connectivity index (χ1) is 5.04. The quantitative estimate of drug-likeness (QED) is 0.596. The molecule has 1 heteroatoms. The van der Waals surface area contributed by atoms with Crippen LogP contribution in [-0.4, -0.2) is 12.2 Å². The second kappa shape index (κ2) is 2.78. The average Bonchev–Trinajstić information content (AvgIpc) is 2.30. The Kier molecular flexibility index (Phi) is 2.29. The monoisotopic (exact) mass is 155 g/mol. The lowest BCUT2D eigenvalue weighted by Crippen LogP contribution is -2.24. The molecule has 1 nitrogen and oxygen atoms in total. The smallest absolute Gasteiger partial charge is 0.0690 e. The minimum atomic E-state index is 0.0464. The van der Waals surface area contributed by atoms with E-state index in [1.165, 1.54) is 6.42 Å². The van der Waals surface area contributed by atoms with Gasteiger partial charge in [0.1, 0.15) is 0 Å². The fourth-order valence-electron chi connectivity index (χ4n) is 1.56. The van der Waals surface area contributed by atoms with Crippen molar-refractivity contribution in [1.82, 2.24) is 0 Å². The molecule has 0 aromatic heterocycles. The Bertz CT molecular complexity index is 128. The van der Waals surface area contributed by atoms with Gasteiger partial charge < -0.3 is 4.74 Å². The van der Waals surface area contributed by atoms with E-state index in [0.29, 0.717) is 5.41 Å². The van der Waals surface area contributed by atoms with E-state index < -0.39 is 0 Å². The molecule has 0 aromatic rings. The van der Waals surface area contributed by atoms with Crippen LogP contribution in [0.1, 0.15) is 40.5 Å². The molecule has 0 bridgehead atoms. The first-order valence-electron chi connectivity index (χ1n) is 4.55. The lowest BCUT2D eigenvalue weighted by molar-refractivity contribution is 0.0248. The highest BCUT2D eigenvalue weighted by molar-refractivity contribution is 5.06. The van der Waals surface area contributed by atoms with Gasteiger partial charge in [-0.1, -0.05) is 20.8 Å². The third-order valence-corrected chi connectivity index (χ3v) is 2.90. The van der Waals surface area contributed by atoms with Crippen LogP contribution in [0, 0.1) is 11.8 Å². The zero-order chi connectivity index (χ0) is 8.54. The van der Waals surface area contributed by atoms with Crippen LogP contribution in [0.4, 0.5) is 0 Å². The van der Waals surface area contributed by atoms with E-state index in [0.717, 1.165) is 13.0 Å². The highest BCUT2D eigenvalue weighted by Gasteiger charge is 2.41. The van der Waals surface area contributed by atoms with Crippen molar-refractivity contribution in [3.63, 3.8) is 0 Å². The minimum absolute atomic E-state index is 0.0464. The standard InChI is InChI=1S/C10H19O/c1-5-9(3)7-10(4,6-2)11-8-9/h7H,5-6,8H2,1-4H3. The number of ether oxygens (including phenoxy) is 1. The van der Waals surface area contributed by atoms with Crippen molar-refractivity contribution in [3.05, 3.63) is 6.42 Å². The fourth-order valence-corrected chi connectivity index (χ4v) is 1.56. The largest absolute Gasteiger partial charge is 0.374 e. The molecule has 11 heavy (non-hydrogen) atoms. The van der Waals surface area contributed by atoms with Crippen molar-refractivity contribution in [2.75, 3.05) is 6.61 Å². The van der Waals surface area contributed by atoms with Gasteiger partial charge in [0.15, 0.2) is 0 Å². The van der Waals surface area contributed by atoms with E-state index in [1.54, 1.807) is 0 Å². The normalized spacial score (nSPS) is 44.7. The molecule has 1 fully saturated rings. The van der Waals surface area contributed by atoms with Gasteiger partial charge in [0.05, 0.1) is 12.2 Å². The molecule has 1 heterocycles. The Labute approximate surface area is 70.1 Å². The van der Waals surface area contributed by atoms with E-state index in [2.05, 4.69) is 34.1 Å². The highest BCUT2D eigenvalue weighted by atomic mass is 16.5. The SMILES string of the molecule is CCC1(C)[CH]C(C)(CC)OC1. The number of hydrogen-bond acceptors (Lipinski definition) is 1. The van der Waals surface area contributed by atoms with Crippen LogP contribution in [0.2, 0.25) is 0 Å². The molecule has 0 spiro atoms. The Morgan fingerprint density at radius 1 is 1.27 bits per heavy atom. The Morgan fingerprint density at radius 2 is 1.91 bits per heavy atom. The molecule has 0 aromatic carbocycles. The van der Waals surface area contributed by atoms with E-state index >= 15 is 0 Å². The Morgan fingerprint density at radius 3 is 2.18 bits per heavy atom. The van der Waals surface area contributed by atoms with E-state index in [1.807, 2.05) is 0 Å². The van der Waals surface area contributed by atoms with Crippen molar-refractivity contribution in [2.24, 2.45) is 5.41 Å². The van der Waals surface area contributed by atoms with Gasteiger partial charge >= 0.3 is 0 Å². The van der Waals surface area contributed by atoms with Gasteiger partial charge in [-0.3, -0.25) is 0 Å². The summed E-state index contributed by atoms with van der Waals surface area (Å²) in [6.45, 7) is 9.74. The molecule has 0 amide bonds. The zero-order valence-electron chi connectivity index (χ0n) is 8.11. The van der Waals surface area contributed by atoms with Crippen LogP contribution in [0.25, 0.3) is 0 Å². The number of rotatable bonds is 2. The predicted molar refractivity (Wildman–Crippen MR) is 47.3 cm³/mol. The molecule has 2 atom stereocenters. The first kappa shape index (κ1) is 9.05. The summed E-state index contributed by atoms with van der Waals surface area (Å²) < 4.78 is 5.74. The summed E-state index contributed by atoms with van der Waals surface area (Å²) in [7, 11) is 0. The Hall–Kier alpha value is -0.0400. The van der Waals surface area contributed by atoms with Gasteiger partial charge in [0.25, 0.3) is 0 Å². The van der Waals surface area contributed by atoms with Gasteiger partial charge in [-0.25, -0.2) is 0 Å². The summed E-state index contributed by atoms with van der Waals surface area (Å²) in [4.78, 5) is 0. The molecule has 65 valence electrons. The summed E-state index contributed by atoms with van der Waals surface area (Å²) in [6.07, 6.45) is 4.64. The maximum atomic E-state index is 5.74. The second-order valence-electron chi connectivity index (χ2n) is 4.11. The van der Waals surface area contributed by atoms with E-state index in [4.69, 9.17) is 4.74 Å². The fraction of sp³-hybridized carbons (Fsp3) is 0.900. The molecule has 1 aliphatic rings. The van der Waals surface area contributed by atoms with Crippen LogP contribution in [0.3, 0.4) is 0 Å². The molecule has 1 radical (unpaired) electrons. The van der Waals surface area contributed by atoms with Crippen LogP contribution in [-0.2, 0) is 4.74 Å². The lowest BCUT2D eigenvalue weighted by Gasteiger charge is -2.23. The molecule has 1 rings (SSSR count). The van der Waals surface area contributed by atoms with Gasteiger partial charge in [0, 0.05) is 6.42 Å². The van der Waals surface area contributed by atoms with Crippen molar-refractivity contribution in [1.29, 1.82) is 0 Å². The Balaban J connectivity index is 2.58. The zero-order valence-corrected chi connectivity index (χ0v) is 8.11. The van der Waals surface area contributed by atoms with Crippen LogP contribution in [0.15, 0.2) is 0 Å². The van der Waals surface area contributed by atoms with Gasteiger partial charge in [-0.05, 0) is 25.2 Å². The van der Waals surface area contributed by atoms with Gasteiger partial charge in [-0.15, -0.1) is 0 Å². The summed E-state index contributed by atoms with van der Waals surface area (Å²) in [5, 5.41) is 0. The molecular formula is C10H19O. The lowest BCUT2D eigenvalue weighted by atomic mass is 9.80. The topological polar surface area (TPSA) is 9.23 Å². The molecule has 0 aliphatic carbocycles. The maximum absolute atomic E-state index is 5.74. The summed E-state index contributed by atoms with van der Waals surface area (Å²) in [6, 6.07) is 0. The minimum Gasteiger partial charge on any atom is -0.374 e.